The van der Waals surface area contributed by atoms with Crippen LogP contribution in [0.25, 0.3) is 0 Å². The molecule has 2 heteroatoms. The predicted octanol–water partition coefficient (Wildman–Crippen LogP) is 2.07. The molecule has 74 valence electrons. The highest BCUT2D eigenvalue weighted by Gasteiger charge is 2.36. The molecule has 1 aliphatic rings. The average Bonchev–Trinajstić information content (AvgIpc) is 2.09. The monoisotopic (exact) mass is 182 g/mol. The van der Waals surface area contributed by atoms with Crippen LogP contribution in [0.5, 0.6) is 0 Å². The van der Waals surface area contributed by atoms with Crippen LogP contribution in [0.4, 0.5) is 0 Å². The number of rotatable bonds is 2. The van der Waals surface area contributed by atoms with Gasteiger partial charge in [-0.05, 0) is 24.7 Å². The second kappa shape index (κ2) is 4.03. The van der Waals surface area contributed by atoms with Gasteiger partial charge in [-0.1, -0.05) is 20.8 Å². The molecule has 0 aromatic carbocycles. The van der Waals surface area contributed by atoms with E-state index in [9.17, 15) is 9.59 Å². The molecule has 0 radical (unpaired) electrons. The maximum absolute atomic E-state index is 11.6. The zero-order chi connectivity index (χ0) is 10.0. The number of aldehydes is 1. The van der Waals surface area contributed by atoms with Crippen LogP contribution in [0.2, 0.25) is 0 Å². The molecule has 1 fully saturated rings. The normalized spacial score (nSPS) is 35.1. The minimum atomic E-state index is -0.330. The Balaban J connectivity index is 2.77. The van der Waals surface area contributed by atoms with E-state index in [0.29, 0.717) is 5.92 Å². The lowest BCUT2D eigenvalue weighted by atomic mass is 9.70. The third-order valence-electron chi connectivity index (χ3n) is 3.21. The lowest BCUT2D eigenvalue weighted by molar-refractivity contribution is -0.136. The molecule has 0 N–H and O–H groups in total. The molecular weight excluding hydrogens is 164 g/mol. The van der Waals surface area contributed by atoms with Crippen molar-refractivity contribution in [1.29, 1.82) is 0 Å². The van der Waals surface area contributed by atoms with Gasteiger partial charge in [-0.2, -0.15) is 0 Å². The smallest absolute Gasteiger partial charge is 0.146 e. The minimum absolute atomic E-state index is 0.0881. The number of hydrogen-bond acceptors (Lipinski definition) is 2. The molecule has 0 aliphatic heterocycles. The molecule has 3 atom stereocenters. The van der Waals surface area contributed by atoms with E-state index in [4.69, 9.17) is 0 Å². The Morgan fingerprint density at radius 3 is 2.46 bits per heavy atom. The lowest BCUT2D eigenvalue weighted by Gasteiger charge is -2.32. The first-order valence-corrected chi connectivity index (χ1v) is 5.07. The fourth-order valence-corrected chi connectivity index (χ4v) is 2.22. The van der Waals surface area contributed by atoms with Crippen LogP contribution in [0.3, 0.4) is 0 Å². The van der Waals surface area contributed by atoms with Gasteiger partial charge in [0.15, 0.2) is 0 Å². The summed E-state index contributed by atoms with van der Waals surface area (Å²) in [6.45, 7) is 6.10. The maximum Gasteiger partial charge on any atom is 0.146 e. The summed E-state index contributed by atoms with van der Waals surface area (Å²) < 4.78 is 0. The van der Waals surface area contributed by atoms with Gasteiger partial charge in [0.1, 0.15) is 12.1 Å². The Labute approximate surface area is 79.7 Å². The fourth-order valence-electron chi connectivity index (χ4n) is 2.22. The van der Waals surface area contributed by atoms with E-state index in [1.807, 2.05) is 6.92 Å². The molecule has 0 aromatic heterocycles. The molecule has 0 amide bonds. The number of ketones is 1. The number of carbonyl (C=O) groups is 2. The van der Waals surface area contributed by atoms with Gasteiger partial charge in [-0.3, -0.25) is 4.79 Å². The van der Waals surface area contributed by atoms with Crippen molar-refractivity contribution >= 4 is 12.1 Å². The summed E-state index contributed by atoms with van der Waals surface area (Å²) in [5.74, 6) is 0.627. The van der Waals surface area contributed by atoms with Crippen LogP contribution in [-0.2, 0) is 9.59 Å². The molecule has 0 heterocycles. The van der Waals surface area contributed by atoms with Crippen LogP contribution in [0, 0.1) is 23.7 Å². The van der Waals surface area contributed by atoms with Gasteiger partial charge in [-0.25, -0.2) is 0 Å². The van der Waals surface area contributed by atoms with E-state index in [2.05, 4.69) is 13.8 Å². The zero-order valence-electron chi connectivity index (χ0n) is 8.62. The summed E-state index contributed by atoms with van der Waals surface area (Å²) in [6.07, 6.45) is 2.82. The van der Waals surface area contributed by atoms with Crippen molar-refractivity contribution in [2.24, 2.45) is 23.7 Å². The van der Waals surface area contributed by atoms with Gasteiger partial charge in [0.2, 0.25) is 0 Å². The topological polar surface area (TPSA) is 34.1 Å². The van der Waals surface area contributed by atoms with Gasteiger partial charge in [0.25, 0.3) is 0 Å². The molecule has 0 spiro atoms. The number of hydrogen-bond donors (Lipinski definition) is 0. The van der Waals surface area contributed by atoms with Crippen LogP contribution in [0.15, 0.2) is 0 Å². The molecule has 1 saturated carbocycles. The van der Waals surface area contributed by atoms with Gasteiger partial charge in [0.05, 0.1) is 5.92 Å². The van der Waals surface area contributed by atoms with E-state index in [1.54, 1.807) is 0 Å². The van der Waals surface area contributed by atoms with E-state index in [0.717, 1.165) is 19.1 Å². The quantitative estimate of drug-likeness (QED) is 0.484. The van der Waals surface area contributed by atoms with Crippen molar-refractivity contribution in [1.82, 2.24) is 0 Å². The SMILES string of the molecule is CC1CCC(C(C)C)C(C=O)C1=O. The summed E-state index contributed by atoms with van der Waals surface area (Å²) in [5.41, 5.74) is 0. The van der Waals surface area contributed by atoms with Crippen LogP contribution in [-0.4, -0.2) is 12.1 Å². The van der Waals surface area contributed by atoms with Gasteiger partial charge in [0, 0.05) is 5.92 Å². The molecule has 1 aliphatic carbocycles. The Bertz CT molecular complexity index is 208. The highest BCUT2D eigenvalue weighted by molar-refractivity contribution is 5.95. The van der Waals surface area contributed by atoms with E-state index in [1.165, 1.54) is 0 Å². The Kier molecular flexibility index (Phi) is 3.23. The molecule has 1 rings (SSSR count). The van der Waals surface area contributed by atoms with Crippen molar-refractivity contribution in [2.75, 3.05) is 0 Å². The van der Waals surface area contributed by atoms with Crippen LogP contribution >= 0.6 is 0 Å². The predicted molar refractivity (Wildman–Crippen MR) is 51.3 cm³/mol. The largest absolute Gasteiger partial charge is 0.303 e. The molecule has 0 saturated heterocycles. The first-order valence-electron chi connectivity index (χ1n) is 5.07. The summed E-state index contributed by atoms with van der Waals surface area (Å²) in [6, 6.07) is 0. The first kappa shape index (κ1) is 10.4. The molecule has 2 nitrogen and oxygen atoms in total. The fraction of sp³-hybridized carbons (Fsp3) is 0.818. The Morgan fingerprint density at radius 1 is 1.38 bits per heavy atom. The Hall–Kier alpha value is -0.660. The highest BCUT2D eigenvalue weighted by atomic mass is 16.1. The standard InChI is InChI=1S/C11H18O2/c1-7(2)9-5-4-8(3)11(13)10(9)6-12/h6-10H,4-5H2,1-3H3. The molecule has 13 heavy (non-hydrogen) atoms. The van der Waals surface area contributed by atoms with E-state index < -0.39 is 0 Å². The highest BCUT2D eigenvalue weighted by Crippen LogP contribution is 2.34. The molecular formula is C11H18O2. The van der Waals surface area contributed by atoms with Crippen molar-refractivity contribution < 1.29 is 9.59 Å². The van der Waals surface area contributed by atoms with E-state index in [-0.39, 0.29) is 23.5 Å². The van der Waals surface area contributed by atoms with Crippen LogP contribution < -0.4 is 0 Å². The summed E-state index contributed by atoms with van der Waals surface area (Å²) >= 11 is 0. The summed E-state index contributed by atoms with van der Waals surface area (Å²) in [4.78, 5) is 22.4. The first-order chi connectivity index (χ1) is 6.07. The second-order valence-electron chi connectivity index (χ2n) is 4.45. The lowest BCUT2D eigenvalue weighted by Crippen LogP contribution is -2.37. The Morgan fingerprint density at radius 2 is 2.00 bits per heavy atom. The molecule has 0 bridgehead atoms. The van der Waals surface area contributed by atoms with Gasteiger partial charge >= 0.3 is 0 Å². The van der Waals surface area contributed by atoms with Crippen molar-refractivity contribution in [3.05, 3.63) is 0 Å². The average molecular weight is 182 g/mol. The zero-order valence-corrected chi connectivity index (χ0v) is 8.62. The van der Waals surface area contributed by atoms with Crippen LogP contribution in [0.1, 0.15) is 33.6 Å². The van der Waals surface area contributed by atoms with E-state index >= 15 is 0 Å². The van der Waals surface area contributed by atoms with Gasteiger partial charge < -0.3 is 4.79 Å². The van der Waals surface area contributed by atoms with Crippen molar-refractivity contribution in [3.8, 4) is 0 Å². The van der Waals surface area contributed by atoms with Crippen molar-refractivity contribution in [2.45, 2.75) is 33.6 Å². The third kappa shape index (κ3) is 1.98. The molecule has 0 aromatic rings. The summed E-state index contributed by atoms with van der Waals surface area (Å²) in [5, 5.41) is 0. The molecule has 3 unspecified atom stereocenters. The van der Waals surface area contributed by atoms with Crippen molar-refractivity contribution in [3.63, 3.8) is 0 Å². The second-order valence-corrected chi connectivity index (χ2v) is 4.45. The number of Topliss-reactive ketones (excluding diaryl/α,β-unsaturated/α-hetero) is 1. The minimum Gasteiger partial charge on any atom is -0.303 e. The van der Waals surface area contributed by atoms with Gasteiger partial charge in [-0.15, -0.1) is 0 Å². The third-order valence-corrected chi connectivity index (χ3v) is 3.21. The summed E-state index contributed by atoms with van der Waals surface area (Å²) in [7, 11) is 0. The number of carbonyl (C=O) groups excluding carboxylic acids is 2. The maximum atomic E-state index is 11.6.